The van der Waals surface area contributed by atoms with E-state index >= 15 is 0 Å². The number of carbonyl (C=O) groups is 2. The van der Waals surface area contributed by atoms with Crippen molar-refractivity contribution in [2.75, 3.05) is 20.6 Å². The average Bonchev–Trinajstić information content (AvgIpc) is 2.89. The fourth-order valence-electron chi connectivity index (χ4n) is 2.93. The third-order valence-corrected chi connectivity index (χ3v) is 4.32. The van der Waals surface area contributed by atoms with Gasteiger partial charge < -0.3 is 15.1 Å². The summed E-state index contributed by atoms with van der Waals surface area (Å²) in [4.78, 5) is 32.0. The van der Waals surface area contributed by atoms with Crippen molar-refractivity contribution in [3.05, 3.63) is 47.0 Å². The molecular weight excluding hydrogens is 332 g/mol. The van der Waals surface area contributed by atoms with Gasteiger partial charge in [0.15, 0.2) is 0 Å². The Hall–Kier alpha value is -2.90. The molecule has 26 heavy (non-hydrogen) atoms. The Morgan fingerprint density at radius 1 is 1.27 bits per heavy atom. The van der Waals surface area contributed by atoms with Crippen molar-refractivity contribution in [1.29, 1.82) is 0 Å². The number of rotatable bonds is 3. The van der Waals surface area contributed by atoms with Crippen molar-refractivity contribution in [2.24, 2.45) is 0 Å². The van der Waals surface area contributed by atoms with Gasteiger partial charge in [-0.3, -0.25) is 14.5 Å². The van der Waals surface area contributed by atoms with Crippen molar-refractivity contribution in [1.82, 2.24) is 29.9 Å². The van der Waals surface area contributed by atoms with Crippen LogP contribution in [-0.4, -0.2) is 57.1 Å². The van der Waals surface area contributed by atoms with Crippen LogP contribution in [-0.2, 0) is 19.6 Å². The molecule has 1 aliphatic heterocycles. The highest BCUT2D eigenvalue weighted by Crippen LogP contribution is 2.15. The molecule has 0 aliphatic carbocycles. The summed E-state index contributed by atoms with van der Waals surface area (Å²) in [6.07, 6.45) is 2.42. The number of aryl methyl sites for hydroxylation is 2. The second-order valence-corrected chi connectivity index (χ2v) is 6.67. The van der Waals surface area contributed by atoms with Crippen LogP contribution in [0.15, 0.2) is 24.4 Å². The molecule has 0 unspecified atom stereocenters. The maximum absolute atomic E-state index is 12.2. The fourth-order valence-corrected chi connectivity index (χ4v) is 2.93. The van der Waals surface area contributed by atoms with Gasteiger partial charge in [-0.15, -0.1) is 0 Å². The van der Waals surface area contributed by atoms with Gasteiger partial charge in [0.2, 0.25) is 0 Å². The number of aromatic nitrogens is 3. The predicted octanol–water partition coefficient (Wildman–Crippen LogP) is 1.40. The molecular formula is C18H24N6O2. The highest BCUT2D eigenvalue weighted by Gasteiger charge is 2.21. The molecule has 8 heteroatoms. The number of pyridine rings is 1. The summed E-state index contributed by atoms with van der Waals surface area (Å²) in [5.74, 6) is -0.176. The zero-order chi connectivity index (χ0) is 18.7. The summed E-state index contributed by atoms with van der Waals surface area (Å²) in [6.45, 7) is 4.23. The molecule has 0 bridgehead atoms. The monoisotopic (exact) mass is 356 g/mol. The summed E-state index contributed by atoms with van der Waals surface area (Å²) in [6, 6.07) is 5.52. The summed E-state index contributed by atoms with van der Waals surface area (Å²) < 4.78 is 1.93. The fraction of sp³-hybridized carbons (Fsp3) is 0.444. The van der Waals surface area contributed by atoms with Gasteiger partial charge in [0.1, 0.15) is 0 Å². The van der Waals surface area contributed by atoms with Crippen LogP contribution in [0.5, 0.6) is 0 Å². The van der Waals surface area contributed by atoms with Crippen molar-refractivity contribution in [2.45, 2.75) is 33.0 Å². The summed E-state index contributed by atoms with van der Waals surface area (Å²) in [7, 11) is 3.51. The lowest BCUT2D eigenvalue weighted by Gasteiger charge is -2.23. The number of amides is 3. The minimum absolute atomic E-state index is 0.00127. The Balaban J connectivity index is 1.64. The first-order valence-electron chi connectivity index (χ1n) is 8.66. The molecule has 2 aromatic heterocycles. The van der Waals surface area contributed by atoms with Gasteiger partial charge in [-0.05, 0) is 31.5 Å². The molecule has 0 radical (unpaired) electrons. The zero-order valence-electron chi connectivity index (χ0n) is 15.4. The molecule has 1 aliphatic rings. The third-order valence-electron chi connectivity index (χ3n) is 4.32. The first-order chi connectivity index (χ1) is 12.4. The van der Waals surface area contributed by atoms with Crippen molar-refractivity contribution < 1.29 is 9.59 Å². The zero-order valence-corrected chi connectivity index (χ0v) is 15.4. The lowest BCUT2D eigenvalue weighted by Crippen LogP contribution is -2.38. The van der Waals surface area contributed by atoms with Gasteiger partial charge in [-0.2, -0.15) is 5.10 Å². The van der Waals surface area contributed by atoms with E-state index in [1.54, 1.807) is 31.3 Å². The quantitative estimate of drug-likeness (QED) is 0.901. The molecule has 0 fully saturated rings. The van der Waals surface area contributed by atoms with Gasteiger partial charge in [0.25, 0.3) is 5.91 Å². The molecule has 3 amide bonds. The van der Waals surface area contributed by atoms with Crippen LogP contribution in [0, 0.1) is 6.92 Å². The largest absolute Gasteiger partial charge is 0.346 e. The van der Waals surface area contributed by atoms with Crippen LogP contribution >= 0.6 is 0 Å². The minimum atomic E-state index is -0.176. The predicted molar refractivity (Wildman–Crippen MR) is 96.5 cm³/mol. The summed E-state index contributed by atoms with van der Waals surface area (Å²) in [5, 5.41) is 7.43. The maximum atomic E-state index is 12.2. The smallest absolute Gasteiger partial charge is 0.319 e. The van der Waals surface area contributed by atoms with E-state index in [4.69, 9.17) is 0 Å². The van der Waals surface area contributed by atoms with E-state index in [0.717, 1.165) is 30.0 Å². The van der Waals surface area contributed by atoms with Gasteiger partial charge >= 0.3 is 6.03 Å². The molecule has 2 aromatic rings. The van der Waals surface area contributed by atoms with Gasteiger partial charge in [-0.25, -0.2) is 4.79 Å². The van der Waals surface area contributed by atoms with E-state index in [1.165, 1.54) is 0 Å². The number of urea groups is 1. The van der Waals surface area contributed by atoms with E-state index in [9.17, 15) is 9.59 Å². The molecule has 0 saturated carbocycles. The molecule has 1 N–H and O–H groups in total. The molecule has 0 atom stereocenters. The Kier molecular flexibility index (Phi) is 5.20. The number of carbonyl (C=O) groups excluding carboxylic acids is 2. The minimum Gasteiger partial charge on any atom is -0.346 e. The van der Waals surface area contributed by atoms with E-state index in [0.29, 0.717) is 25.2 Å². The van der Waals surface area contributed by atoms with E-state index in [-0.39, 0.29) is 11.9 Å². The lowest BCUT2D eigenvalue weighted by atomic mass is 10.2. The van der Waals surface area contributed by atoms with Crippen molar-refractivity contribution in [3.8, 4) is 0 Å². The normalized spacial score (nSPS) is 13.7. The Labute approximate surface area is 152 Å². The highest BCUT2D eigenvalue weighted by atomic mass is 16.2. The number of hydrogen-bond donors (Lipinski definition) is 1. The molecule has 0 saturated heterocycles. The van der Waals surface area contributed by atoms with E-state index in [2.05, 4.69) is 15.4 Å². The molecule has 3 rings (SSSR count). The number of nitrogens with one attached hydrogen (secondary N) is 1. The van der Waals surface area contributed by atoms with Gasteiger partial charge in [0.05, 0.1) is 30.0 Å². The number of nitrogens with zero attached hydrogens (tertiary/aromatic N) is 5. The first kappa shape index (κ1) is 17.9. The SMILES string of the molecule is Cc1ccc(C(=O)NCc2cc3n(n2)CCCN(C(=O)N(C)C)C3)cn1. The Morgan fingerprint density at radius 3 is 2.77 bits per heavy atom. The maximum Gasteiger partial charge on any atom is 0.319 e. The van der Waals surface area contributed by atoms with Crippen LogP contribution < -0.4 is 5.32 Å². The molecule has 0 aromatic carbocycles. The molecule has 3 heterocycles. The topological polar surface area (TPSA) is 83.4 Å². The van der Waals surface area contributed by atoms with Crippen molar-refractivity contribution in [3.63, 3.8) is 0 Å². The Bertz CT molecular complexity index is 797. The van der Waals surface area contributed by atoms with E-state index in [1.807, 2.05) is 28.6 Å². The van der Waals surface area contributed by atoms with Crippen molar-refractivity contribution >= 4 is 11.9 Å². The number of fused-ring (bicyclic) bond motifs is 1. The van der Waals surface area contributed by atoms with Crippen LogP contribution in [0.3, 0.4) is 0 Å². The molecule has 8 nitrogen and oxygen atoms in total. The highest BCUT2D eigenvalue weighted by molar-refractivity contribution is 5.93. The summed E-state index contributed by atoms with van der Waals surface area (Å²) >= 11 is 0. The van der Waals surface area contributed by atoms with Gasteiger partial charge in [0, 0.05) is 39.1 Å². The van der Waals surface area contributed by atoms with Crippen LogP contribution in [0.2, 0.25) is 0 Å². The lowest BCUT2D eigenvalue weighted by molar-refractivity contribution is 0.0950. The second-order valence-electron chi connectivity index (χ2n) is 6.67. The van der Waals surface area contributed by atoms with Crippen LogP contribution in [0.4, 0.5) is 4.79 Å². The first-order valence-corrected chi connectivity index (χ1v) is 8.66. The molecule has 0 spiro atoms. The second kappa shape index (κ2) is 7.55. The van der Waals surface area contributed by atoms with E-state index < -0.39 is 0 Å². The molecule has 138 valence electrons. The Morgan fingerprint density at radius 2 is 2.08 bits per heavy atom. The average molecular weight is 356 g/mol. The number of hydrogen-bond acceptors (Lipinski definition) is 4. The van der Waals surface area contributed by atoms with Gasteiger partial charge in [-0.1, -0.05) is 0 Å². The third kappa shape index (κ3) is 4.01. The summed E-state index contributed by atoms with van der Waals surface area (Å²) in [5.41, 5.74) is 3.17. The standard InChI is InChI=1S/C18H24N6O2/c1-13-5-6-14(10-19-13)17(25)20-11-15-9-16-12-23(18(26)22(2)3)7-4-8-24(16)21-15/h5-6,9-10H,4,7-8,11-12H2,1-3H3,(H,20,25). The van der Waals surface area contributed by atoms with Crippen LogP contribution in [0.25, 0.3) is 0 Å². The van der Waals surface area contributed by atoms with Crippen LogP contribution in [0.1, 0.15) is 33.9 Å².